The topological polar surface area (TPSA) is 35.6 Å². The van der Waals surface area contributed by atoms with Crippen LogP contribution in [0.25, 0.3) is 0 Å². The zero-order valence-electron chi connectivity index (χ0n) is 14.8. The molecular weight excluding hydrogens is 357 g/mol. The largest absolute Gasteiger partial charge is 0.353 e. The number of carbonyl (C=O) groups is 1. The van der Waals surface area contributed by atoms with Gasteiger partial charge in [-0.3, -0.25) is 9.69 Å². The highest BCUT2D eigenvalue weighted by Crippen LogP contribution is 2.27. The van der Waals surface area contributed by atoms with Gasteiger partial charge in [0, 0.05) is 34.1 Å². The molecule has 1 amide bonds. The first-order chi connectivity index (χ1) is 12.0. The molecule has 1 aromatic rings. The molecule has 4 nitrogen and oxygen atoms in total. The molecule has 2 aliphatic heterocycles. The highest BCUT2D eigenvalue weighted by atomic mass is 35.5. The predicted octanol–water partition coefficient (Wildman–Crippen LogP) is 3.42. The van der Waals surface area contributed by atoms with Gasteiger partial charge in [0.1, 0.15) is 0 Å². The van der Waals surface area contributed by atoms with Crippen molar-refractivity contribution in [2.75, 3.05) is 33.2 Å². The Morgan fingerprint density at radius 3 is 2.28 bits per heavy atom. The number of nitrogens with zero attached hydrogens (tertiary/aromatic N) is 2. The Morgan fingerprint density at radius 2 is 1.68 bits per heavy atom. The standard InChI is InChI=1S/C19H27Cl2N3O/c1-23-9-7-15(8-10-23)22-19(25)14-5-11-24(12-6-14)13-16-17(20)3-2-4-18(16)21/h2-4,14-15H,5-13H2,1H3,(H,22,25). The van der Waals surface area contributed by atoms with Gasteiger partial charge in [0.15, 0.2) is 0 Å². The molecule has 0 bridgehead atoms. The third kappa shape index (κ3) is 5.10. The minimum atomic E-state index is 0.137. The first-order valence-electron chi connectivity index (χ1n) is 9.17. The first-order valence-corrected chi connectivity index (χ1v) is 9.92. The monoisotopic (exact) mass is 383 g/mol. The molecule has 1 N–H and O–H groups in total. The van der Waals surface area contributed by atoms with E-state index in [0.717, 1.165) is 74.0 Å². The van der Waals surface area contributed by atoms with E-state index in [1.54, 1.807) is 0 Å². The number of nitrogens with one attached hydrogen (secondary N) is 1. The second-order valence-corrected chi connectivity index (χ2v) is 8.15. The van der Waals surface area contributed by atoms with Crippen molar-refractivity contribution in [3.05, 3.63) is 33.8 Å². The quantitative estimate of drug-likeness (QED) is 0.864. The molecule has 0 aromatic heterocycles. The van der Waals surface area contributed by atoms with Gasteiger partial charge < -0.3 is 10.2 Å². The van der Waals surface area contributed by atoms with Crippen LogP contribution in [0.4, 0.5) is 0 Å². The van der Waals surface area contributed by atoms with Gasteiger partial charge in [-0.25, -0.2) is 0 Å². The average molecular weight is 384 g/mol. The molecule has 25 heavy (non-hydrogen) atoms. The molecule has 0 atom stereocenters. The van der Waals surface area contributed by atoms with Gasteiger partial charge in [-0.15, -0.1) is 0 Å². The second-order valence-electron chi connectivity index (χ2n) is 7.34. The number of piperidine rings is 2. The summed E-state index contributed by atoms with van der Waals surface area (Å²) in [4.78, 5) is 17.2. The fourth-order valence-electron chi connectivity index (χ4n) is 3.73. The van der Waals surface area contributed by atoms with Crippen molar-refractivity contribution >= 4 is 29.1 Å². The SMILES string of the molecule is CN1CCC(NC(=O)C2CCN(Cc3c(Cl)cccc3Cl)CC2)CC1. The normalized spacial score (nSPS) is 21.4. The van der Waals surface area contributed by atoms with Crippen LogP contribution in [0.2, 0.25) is 10.0 Å². The summed E-state index contributed by atoms with van der Waals surface area (Å²) in [5.41, 5.74) is 0.986. The Labute approximate surface area is 160 Å². The maximum Gasteiger partial charge on any atom is 0.223 e. The van der Waals surface area contributed by atoms with E-state index in [2.05, 4.69) is 22.2 Å². The van der Waals surface area contributed by atoms with Gasteiger partial charge in [0.05, 0.1) is 0 Å². The van der Waals surface area contributed by atoms with Crippen LogP contribution in [-0.2, 0) is 11.3 Å². The Balaban J connectivity index is 1.46. The molecule has 6 heteroatoms. The summed E-state index contributed by atoms with van der Waals surface area (Å²) in [5.74, 6) is 0.377. The van der Waals surface area contributed by atoms with Crippen molar-refractivity contribution in [3.8, 4) is 0 Å². The Hall–Kier alpha value is -0.810. The molecule has 2 aliphatic rings. The third-order valence-electron chi connectivity index (χ3n) is 5.47. The molecule has 1 aromatic carbocycles. The summed E-state index contributed by atoms with van der Waals surface area (Å²) in [5, 5.41) is 4.70. The summed E-state index contributed by atoms with van der Waals surface area (Å²) in [6.07, 6.45) is 3.93. The van der Waals surface area contributed by atoms with Gasteiger partial charge in [-0.1, -0.05) is 29.3 Å². The maximum absolute atomic E-state index is 12.5. The third-order valence-corrected chi connectivity index (χ3v) is 6.17. The number of likely N-dealkylation sites (tertiary alicyclic amines) is 2. The van der Waals surface area contributed by atoms with Gasteiger partial charge in [0.25, 0.3) is 0 Å². The van der Waals surface area contributed by atoms with E-state index in [0.29, 0.717) is 6.04 Å². The molecule has 0 spiro atoms. The van der Waals surface area contributed by atoms with E-state index in [4.69, 9.17) is 23.2 Å². The predicted molar refractivity (Wildman–Crippen MR) is 103 cm³/mol. The van der Waals surface area contributed by atoms with Crippen LogP contribution >= 0.6 is 23.2 Å². The van der Waals surface area contributed by atoms with Gasteiger partial charge >= 0.3 is 0 Å². The molecule has 3 rings (SSSR count). The molecule has 0 unspecified atom stereocenters. The van der Waals surface area contributed by atoms with E-state index >= 15 is 0 Å². The summed E-state index contributed by atoms with van der Waals surface area (Å²) >= 11 is 12.5. The van der Waals surface area contributed by atoms with E-state index in [9.17, 15) is 4.79 Å². The lowest BCUT2D eigenvalue weighted by molar-refractivity contribution is -0.127. The molecular formula is C19H27Cl2N3O. The highest BCUT2D eigenvalue weighted by Gasteiger charge is 2.28. The van der Waals surface area contributed by atoms with Crippen molar-refractivity contribution in [2.24, 2.45) is 5.92 Å². The molecule has 0 radical (unpaired) electrons. The first kappa shape index (κ1) is 19.0. The Morgan fingerprint density at radius 1 is 1.08 bits per heavy atom. The zero-order chi connectivity index (χ0) is 17.8. The molecule has 2 fully saturated rings. The van der Waals surface area contributed by atoms with Crippen LogP contribution < -0.4 is 5.32 Å². The van der Waals surface area contributed by atoms with Crippen molar-refractivity contribution in [3.63, 3.8) is 0 Å². The van der Waals surface area contributed by atoms with Gasteiger partial charge in [-0.2, -0.15) is 0 Å². The Kier molecular flexibility index (Phi) is 6.61. The van der Waals surface area contributed by atoms with E-state index < -0.39 is 0 Å². The van der Waals surface area contributed by atoms with Crippen LogP contribution in [-0.4, -0.2) is 55.0 Å². The van der Waals surface area contributed by atoms with Crippen molar-refractivity contribution < 1.29 is 4.79 Å². The smallest absolute Gasteiger partial charge is 0.223 e. The number of hydrogen-bond donors (Lipinski definition) is 1. The number of amides is 1. The van der Waals surface area contributed by atoms with Crippen molar-refractivity contribution in [2.45, 2.75) is 38.3 Å². The lowest BCUT2D eigenvalue weighted by Gasteiger charge is -2.34. The van der Waals surface area contributed by atoms with E-state index in [1.165, 1.54) is 0 Å². The lowest BCUT2D eigenvalue weighted by Crippen LogP contribution is -2.47. The molecule has 138 valence electrons. The fourth-order valence-corrected chi connectivity index (χ4v) is 4.25. The number of benzene rings is 1. The van der Waals surface area contributed by atoms with Crippen LogP contribution in [0, 0.1) is 5.92 Å². The van der Waals surface area contributed by atoms with Gasteiger partial charge in [-0.05, 0) is 71.0 Å². The van der Waals surface area contributed by atoms with E-state index in [-0.39, 0.29) is 11.8 Å². The van der Waals surface area contributed by atoms with Crippen molar-refractivity contribution in [1.82, 2.24) is 15.1 Å². The highest BCUT2D eigenvalue weighted by molar-refractivity contribution is 6.35. The molecule has 2 heterocycles. The van der Waals surface area contributed by atoms with Crippen LogP contribution in [0.15, 0.2) is 18.2 Å². The Bertz CT molecular complexity index is 574. The van der Waals surface area contributed by atoms with Crippen molar-refractivity contribution in [1.29, 1.82) is 0 Å². The summed E-state index contributed by atoms with van der Waals surface area (Å²) in [6, 6.07) is 5.98. The summed E-state index contributed by atoms with van der Waals surface area (Å²) in [7, 11) is 2.14. The minimum absolute atomic E-state index is 0.137. The number of hydrogen-bond acceptors (Lipinski definition) is 3. The summed E-state index contributed by atoms with van der Waals surface area (Å²) < 4.78 is 0. The number of halogens is 2. The second kappa shape index (κ2) is 8.72. The average Bonchev–Trinajstić information content (AvgIpc) is 2.61. The van der Waals surface area contributed by atoms with Crippen LogP contribution in [0.5, 0.6) is 0 Å². The molecule has 2 saturated heterocycles. The minimum Gasteiger partial charge on any atom is -0.353 e. The molecule has 0 saturated carbocycles. The van der Waals surface area contributed by atoms with Crippen LogP contribution in [0.1, 0.15) is 31.2 Å². The fraction of sp³-hybridized carbons (Fsp3) is 0.632. The lowest BCUT2D eigenvalue weighted by atomic mass is 9.94. The number of carbonyl (C=O) groups excluding carboxylic acids is 1. The van der Waals surface area contributed by atoms with E-state index in [1.807, 2.05) is 18.2 Å². The molecule has 0 aliphatic carbocycles. The van der Waals surface area contributed by atoms with Gasteiger partial charge in [0.2, 0.25) is 5.91 Å². The van der Waals surface area contributed by atoms with Crippen LogP contribution in [0.3, 0.4) is 0 Å². The zero-order valence-corrected chi connectivity index (χ0v) is 16.3. The summed E-state index contributed by atoms with van der Waals surface area (Å²) in [6.45, 7) is 4.71. The maximum atomic E-state index is 12.5. The number of rotatable bonds is 4.